The maximum Gasteiger partial charge on any atom is 0.273 e. The van der Waals surface area contributed by atoms with Crippen LogP contribution in [0.4, 0.5) is 14.5 Å². The third-order valence-electron chi connectivity index (χ3n) is 4.43. The first-order valence-electron chi connectivity index (χ1n) is 8.19. The molecule has 0 radical (unpaired) electrons. The van der Waals surface area contributed by atoms with Crippen molar-refractivity contribution in [3.05, 3.63) is 69.8 Å². The summed E-state index contributed by atoms with van der Waals surface area (Å²) in [6.45, 7) is 1.22. The molecule has 1 fully saturated rings. The standard InChI is InChI=1S/C17H17F2N3O4S/c18-14-5-6-17(15(19)11-14)27(25,26)21-9-7-20(8-10-21)12-13-3-1-2-4-16(13)22(23)24/h1-6,11H,7-10,12H2. The first-order valence-corrected chi connectivity index (χ1v) is 9.63. The number of rotatable bonds is 5. The molecule has 0 aromatic heterocycles. The second-order valence-corrected chi connectivity index (χ2v) is 8.05. The van der Waals surface area contributed by atoms with E-state index in [0.29, 0.717) is 31.3 Å². The molecule has 27 heavy (non-hydrogen) atoms. The summed E-state index contributed by atoms with van der Waals surface area (Å²) in [5.41, 5.74) is 0.560. The summed E-state index contributed by atoms with van der Waals surface area (Å²) in [6, 6.07) is 8.74. The van der Waals surface area contributed by atoms with Crippen LogP contribution in [-0.2, 0) is 16.6 Å². The van der Waals surface area contributed by atoms with E-state index in [4.69, 9.17) is 0 Å². The highest BCUT2D eigenvalue weighted by molar-refractivity contribution is 7.89. The second-order valence-electron chi connectivity index (χ2n) is 6.14. The van der Waals surface area contributed by atoms with Crippen LogP contribution in [-0.4, -0.2) is 48.7 Å². The molecule has 0 N–H and O–H groups in total. The van der Waals surface area contributed by atoms with Crippen molar-refractivity contribution in [2.24, 2.45) is 0 Å². The number of nitrogens with zero attached hydrogens (tertiary/aromatic N) is 3. The topological polar surface area (TPSA) is 83.8 Å². The van der Waals surface area contributed by atoms with Gasteiger partial charge in [0.2, 0.25) is 10.0 Å². The number of hydrogen-bond donors (Lipinski definition) is 0. The highest BCUT2D eigenvalue weighted by Gasteiger charge is 2.31. The molecule has 10 heteroatoms. The molecular formula is C17H17F2N3O4S. The van der Waals surface area contributed by atoms with Gasteiger partial charge in [0.25, 0.3) is 5.69 Å². The van der Waals surface area contributed by atoms with Crippen LogP contribution < -0.4 is 0 Å². The van der Waals surface area contributed by atoms with E-state index in [1.807, 2.05) is 4.90 Å². The van der Waals surface area contributed by atoms with Gasteiger partial charge in [0.15, 0.2) is 0 Å². The molecule has 0 unspecified atom stereocenters. The van der Waals surface area contributed by atoms with Crippen LogP contribution in [0.5, 0.6) is 0 Å². The summed E-state index contributed by atoms with van der Waals surface area (Å²) < 4.78 is 53.2. The Balaban J connectivity index is 1.69. The lowest BCUT2D eigenvalue weighted by atomic mass is 10.1. The number of hydrogen-bond acceptors (Lipinski definition) is 5. The van der Waals surface area contributed by atoms with Gasteiger partial charge in [-0.3, -0.25) is 15.0 Å². The van der Waals surface area contributed by atoms with Crippen LogP contribution in [0.25, 0.3) is 0 Å². The van der Waals surface area contributed by atoms with E-state index in [2.05, 4.69) is 0 Å². The molecule has 2 aromatic rings. The van der Waals surface area contributed by atoms with Crippen LogP contribution in [0.2, 0.25) is 0 Å². The van der Waals surface area contributed by atoms with Gasteiger partial charge in [-0.2, -0.15) is 4.31 Å². The van der Waals surface area contributed by atoms with Crippen LogP contribution in [0.3, 0.4) is 0 Å². The molecule has 1 saturated heterocycles. The van der Waals surface area contributed by atoms with Gasteiger partial charge >= 0.3 is 0 Å². The molecule has 0 amide bonds. The van der Waals surface area contributed by atoms with Crippen molar-refractivity contribution in [3.63, 3.8) is 0 Å². The van der Waals surface area contributed by atoms with Crippen molar-refractivity contribution in [1.29, 1.82) is 0 Å². The summed E-state index contributed by atoms with van der Waals surface area (Å²) in [5.74, 6) is -1.97. The molecular weight excluding hydrogens is 380 g/mol. The van der Waals surface area contributed by atoms with Crippen molar-refractivity contribution >= 4 is 15.7 Å². The van der Waals surface area contributed by atoms with E-state index in [-0.39, 0.29) is 18.8 Å². The number of sulfonamides is 1. The molecule has 144 valence electrons. The average molecular weight is 397 g/mol. The number of nitro groups is 1. The van der Waals surface area contributed by atoms with Gasteiger partial charge in [0.05, 0.1) is 4.92 Å². The molecule has 0 saturated carbocycles. The van der Waals surface area contributed by atoms with E-state index >= 15 is 0 Å². The lowest BCUT2D eigenvalue weighted by Crippen LogP contribution is -2.48. The number of nitro benzene ring substituents is 1. The molecule has 1 heterocycles. The number of benzene rings is 2. The van der Waals surface area contributed by atoms with E-state index in [1.54, 1.807) is 18.2 Å². The van der Waals surface area contributed by atoms with Gasteiger partial charge in [-0.05, 0) is 12.1 Å². The predicted molar refractivity (Wildman–Crippen MR) is 93.5 cm³/mol. The number of para-hydroxylation sites is 1. The summed E-state index contributed by atoms with van der Waals surface area (Å²) in [6.07, 6.45) is 0. The van der Waals surface area contributed by atoms with Crippen molar-refractivity contribution in [1.82, 2.24) is 9.21 Å². The quantitative estimate of drug-likeness (QED) is 0.571. The van der Waals surface area contributed by atoms with Crippen molar-refractivity contribution in [2.45, 2.75) is 11.4 Å². The van der Waals surface area contributed by atoms with Crippen LogP contribution >= 0.6 is 0 Å². The summed E-state index contributed by atoms with van der Waals surface area (Å²) >= 11 is 0. The predicted octanol–water partition coefficient (Wildman–Crippen LogP) is 2.38. The molecule has 0 spiro atoms. The molecule has 0 bridgehead atoms. The second kappa shape index (κ2) is 7.67. The zero-order chi connectivity index (χ0) is 19.6. The maximum absolute atomic E-state index is 13.9. The molecule has 0 aliphatic carbocycles. The minimum atomic E-state index is -4.07. The summed E-state index contributed by atoms with van der Waals surface area (Å²) in [7, 11) is -4.07. The normalized spacial score (nSPS) is 16.4. The van der Waals surface area contributed by atoms with Crippen molar-refractivity contribution in [2.75, 3.05) is 26.2 Å². The lowest BCUT2D eigenvalue weighted by Gasteiger charge is -2.33. The minimum absolute atomic E-state index is 0.0148. The third kappa shape index (κ3) is 4.12. The van der Waals surface area contributed by atoms with Crippen molar-refractivity contribution in [3.8, 4) is 0 Å². The van der Waals surface area contributed by atoms with Gasteiger partial charge < -0.3 is 0 Å². The van der Waals surface area contributed by atoms with Crippen molar-refractivity contribution < 1.29 is 22.1 Å². The van der Waals surface area contributed by atoms with Gasteiger partial charge in [0, 0.05) is 50.4 Å². The fourth-order valence-electron chi connectivity index (χ4n) is 3.02. The van der Waals surface area contributed by atoms with E-state index in [1.165, 1.54) is 6.07 Å². The molecule has 7 nitrogen and oxygen atoms in total. The van der Waals surface area contributed by atoms with Gasteiger partial charge in [-0.15, -0.1) is 0 Å². The Labute approximate surface area is 155 Å². The SMILES string of the molecule is O=[N+]([O-])c1ccccc1CN1CCN(S(=O)(=O)c2ccc(F)cc2F)CC1. The largest absolute Gasteiger partial charge is 0.296 e. The molecule has 0 atom stereocenters. The van der Waals surface area contributed by atoms with E-state index in [9.17, 15) is 27.3 Å². The zero-order valence-corrected chi connectivity index (χ0v) is 15.0. The number of halogens is 2. The third-order valence-corrected chi connectivity index (χ3v) is 6.36. The first-order chi connectivity index (χ1) is 12.8. The Bertz CT molecular complexity index is 960. The Morgan fingerprint density at radius 3 is 2.33 bits per heavy atom. The minimum Gasteiger partial charge on any atom is -0.296 e. The Hall–Kier alpha value is -2.43. The zero-order valence-electron chi connectivity index (χ0n) is 14.2. The number of piperazine rings is 1. The van der Waals surface area contributed by atoms with E-state index in [0.717, 1.165) is 16.4 Å². The Kier molecular flexibility index (Phi) is 5.49. The monoisotopic (exact) mass is 397 g/mol. The fraction of sp³-hybridized carbons (Fsp3) is 0.294. The Morgan fingerprint density at radius 2 is 1.70 bits per heavy atom. The van der Waals surface area contributed by atoms with Gasteiger partial charge in [0.1, 0.15) is 16.5 Å². The van der Waals surface area contributed by atoms with E-state index < -0.39 is 31.5 Å². The maximum atomic E-state index is 13.9. The Morgan fingerprint density at radius 1 is 1.04 bits per heavy atom. The van der Waals surface area contributed by atoms with Crippen LogP contribution in [0, 0.1) is 21.7 Å². The van der Waals surface area contributed by atoms with Gasteiger partial charge in [-0.25, -0.2) is 17.2 Å². The smallest absolute Gasteiger partial charge is 0.273 e. The molecule has 2 aromatic carbocycles. The molecule has 3 rings (SSSR count). The molecule has 1 aliphatic heterocycles. The summed E-state index contributed by atoms with van der Waals surface area (Å²) in [5, 5.41) is 11.1. The summed E-state index contributed by atoms with van der Waals surface area (Å²) in [4.78, 5) is 12.0. The lowest BCUT2D eigenvalue weighted by molar-refractivity contribution is -0.385. The highest BCUT2D eigenvalue weighted by atomic mass is 32.2. The van der Waals surface area contributed by atoms with Crippen LogP contribution in [0.1, 0.15) is 5.56 Å². The average Bonchev–Trinajstić information content (AvgIpc) is 2.62. The fourth-order valence-corrected chi connectivity index (χ4v) is 4.48. The molecule has 1 aliphatic rings. The van der Waals surface area contributed by atoms with Gasteiger partial charge in [-0.1, -0.05) is 18.2 Å². The highest BCUT2D eigenvalue weighted by Crippen LogP contribution is 2.23. The van der Waals surface area contributed by atoms with Crippen LogP contribution in [0.15, 0.2) is 47.4 Å². The first kappa shape index (κ1) is 19.3.